The van der Waals surface area contributed by atoms with E-state index in [1.807, 2.05) is 25.2 Å². The summed E-state index contributed by atoms with van der Waals surface area (Å²) in [6, 6.07) is 10.2. The molecule has 0 saturated carbocycles. The van der Waals surface area contributed by atoms with E-state index in [9.17, 15) is 0 Å². The highest BCUT2D eigenvalue weighted by Crippen LogP contribution is 2.21. The number of thiazole rings is 1. The molecule has 0 spiro atoms. The van der Waals surface area contributed by atoms with Crippen LogP contribution in [0.1, 0.15) is 5.01 Å². The van der Waals surface area contributed by atoms with E-state index in [2.05, 4.69) is 33.1 Å². The molecule has 1 aromatic heterocycles. The predicted octanol–water partition coefficient (Wildman–Crippen LogP) is 2.45. The van der Waals surface area contributed by atoms with Crippen molar-refractivity contribution >= 4 is 28.7 Å². The molecule has 2 aromatic rings. The van der Waals surface area contributed by atoms with Crippen LogP contribution in [0.2, 0.25) is 0 Å². The molecule has 0 saturated heterocycles. The summed E-state index contributed by atoms with van der Waals surface area (Å²) in [5.41, 5.74) is 2.21. The predicted molar refractivity (Wildman–Crippen MR) is 80.9 cm³/mol. The fourth-order valence-corrected chi connectivity index (χ4v) is 2.45. The Morgan fingerprint density at radius 1 is 1.33 bits per heavy atom. The maximum Gasteiger partial charge on any atom is 0.166 e. The van der Waals surface area contributed by atoms with Gasteiger partial charge < -0.3 is 10.6 Å². The SMILES string of the molecule is CNC(=S)NCCc1nc(-c2ccccc2)cs1. The fourth-order valence-electron chi connectivity index (χ4n) is 1.54. The molecular weight excluding hydrogens is 262 g/mol. The molecule has 0 fully saturated rings. The summed E-state index contributed by atoms with van der Waals surface area (Å²) >= 11 is 6.70. The van der Waals surface area contributed by atoms with Crippen molar-refractivity contribution in [2.75, 3.05) is 13.6 Å². The monoisotopic (exact) mass is 277 g/mol. The van der Waals surface area contributed by atoms with Crippen LogP contribution in [0.3, 0.4) is 0 Å². The maximum absolute atomic E-state index is 5.01. The summed E-state index contributed by atoms with van der Waals surface area (Å²) in [5.74, 6) is 0. The smallest absolute Gasteiger partial charge is 0.166 e. The van der Waals surface area contributed by atoms with Crippen molar-refractivity contribution in [2.24, 2.45) is 0 Å². The fraction of sp³-hybridized carbons (Fsp3) is 0.231. The van der Waals surface area contributed by atoms with Gasteiger partial charge in [0.2, 0.25) is 0 Å². The normalized spacial score (nSPS) is 10.1. The van der Waals surface area contributed by atoms with Crippen LogP contribution >= 0.6 is 23.6 Å². The third-order valence-electron chi connectivity index (χ3n) is 2.47. The van der Waals surface area contributed by atoms with Gasteiger partial charge in [-0.1, -0.05) is 30.3 Å². The second-order valence-electron chi connectivity index (χ2n) is 3.75. The first-order valence-corrected chi connectivity index (χ1v) is 7.04. The van der Waals surface area contributed by atoms with Gasteiger partial charge in [-0.15, -0.1) is 11.3 Å². The van der Waals surface area contributed by atoms with E-state index in [0.29, 0.717) is 5.11 Å². The zero-order chi connectivity index (χ0) is 12.8. The van der Waals surface area contributed by atoms with E-state index >= 15 is 0 Å². The van der Waals surface area contributed by atoms with Gasteiger partial charge in [-0.25, -0.2) is 4.98 Å². The zero-order valence-electron chi connectivity index (χ0n) is 10.1. The van der Waals surface area contributed by atoms with Crippen molar-refractivity contribution < 1.29 is 0 Å². The number of thiocarbonyl (C=S) groups is 1. The Labute approximate surface area is 116 Å². The van der Waals surface area contributed by atoms with Crippen LogP contribution in [0, 0.1) is 0 Å². The quantitative estimate of drug-likeness (QED) is 0.842. The van der Waals surface area contributed by atoms with Crippen molar-refractivity contribution in [3.05, 3.63) is 40.7 Å². The lowest BCUT2D eigenvalue weighted by Crippen LogP contribution is -2.33. The minimum absolute atomic E-state index is 0.676. The molecule has 94 valence electrons. The van der Waals surface area contributed by atoms with Gasteiger partial charge in [0.15, 0.2) is 5.11 Å². The van der Waals surface area contributed by atoms with Crippen LogP contribution in [0.25, 0.3) is 11.3 Å². The first-order chi connectivity index (χ1) is 8.79. The lowest BCUT2D eigenvalue weighted by atomic mass is 10.2. The molecule has 0 atom stereocenters. The molecule has 18 heavy (non-hydrogen) atoms. The van der Waals surface area contributed by atoms with Crippen LogP contribution in [0.4, 0.5) is 0 Å². The van der Waals surface area contributed by atoms with E-state index in [0.717, 1.165) is 23.7 Å². The van der Waals surface area contributed by atoms with E-state index < -0.39 is 0 Å². The largest absolute Gasteiger partial charge is 0.366 e. The van der Waals surface area contributed by atoms with Gasteiger partial charge in [-0.3, -0.25) is 0 Å². The number of benzene rings is 1. The van der Waals surface area contributed by atoms with E-state index in [1.165, 1.54) is 5.56 Å². The molecule has 0 aliphatic heterocycles. The minimum atomic E-state index is 0.676. The maximum atomic E-state index is 5.01. The van der Waals surface area contributed by atoms with Crippen molar-refractivity contribution in [3.63, 3.8) is 0 Å². The molecule has 1 heterocycles. The topological polar surface area (TPSA) is 37.0 Å². The van der Waals surface area contributed by atoms with E-state index in [4.69, 9.17) is 12.2 Å². The molecule has 5 heteroatoms. The summed E-state index contributed by atoms with van der Waals surface area (Å²) in [7, 11) is 1.81. The van der Waals surface area contributed by atoms with Crippen LogP contribution in [-0.4, -0.2) is 23.7 Å². The summed E-state index contributed by atoms with van der Waals surface area (Å²) < 4.78 is 0. The Balaban J connectivity index is 1.93. The van der Waals surface area contributed by atoms with Gasteiger partial charge >= 0.3 is 0 Å². The highest BCUT2D eigenvalue weighted by atomic mass is 32.1. The summed E-state index contributed by atoms with van der Waals surface area (Å²) in [5, 5.41) is 9.90. The molecule has 0 radical (unpaired) electrons. The lowest BCUT2D eigenvalue weighted by molar-refractivity contribution is 0.845. The van der Waals surface area contributed by atoms with Crippen LogP contribution in [0.5, 0.6) is 0 Å². The molecule has 3 nitrogen and oxygen atoms in total. The summed E-state index contributed by atoms with van der Waals surface area (Å²) in [6.45, 7) is 0.807. The third-order valence-corrected chi connectivity index (χ3v) is 3.73. The Morgan fingerprint density at radius 3 is 2.83 bits per heavy atom. The minimum Gasteiger partial charge on any atom is -0.366 e. The second kappa shape index (κ2) is 6.47. The van der Waals surface area contributed by atoms with Gasteiger partial charge in [0.25, 0.3) is 0 Å². The number of rotatable bonds is 4. The van der Waals surface area contributed by atoms with Gasteiger partial charge in [0, 0.05) is 31.0 Å². The Hall–Kier alpha value is -1.46. The molecule has 1 aromatic carbocycles. The first kappa shape index (κ1) is 13.0. The van der Waals surface area contributed by atoms with E-state index in [-0.39, 0.29) is 0 Å². The van der Waals surface area contributed by atoms with Gasteiger partial charge in [0.1, 0.15) is 0 Å². The van der Waals surface area contributed by atoms with E-state index in [1.54, 1.807) is 11.3 Å². The van der Waals surface area contributed by atoms with Crippen molar-refractivity contribution in [3.8, 4) is 11.3 Å². The van der Waals surface area contributed by atoms with Crippen molar-refractivity contribution in [1.82, 2.24) is 15.6 Å². The van der Waals surface area contributed by atoms with Crippen LogP contribution in [-0.2, 0) is 6.42 Å². The highest BCUT2D eigenvalue weighted by Gasteiger charge is 2.03. The van der Waals surface area contributed by atoms with Gasteiger partial charge in [-0.2, -0.15) is 0 Å². The number of nitrogens with one attached hydrogen (secondary N) is 2. The first-order valence-electron chi connectivity index (χ1n) is 5.75. The average molecular weight is 277 g/mol. The summed E-state index contributed by atoms with van der Waals surface area (Å²) in [4.78, 5) is 4.62. The zero-order valence-corrected chi connectivity index (χ0v) is 11.8. The third kappa shape index (κ3) is 3.51. The molecule has 0 aliphatic carbocycles. The standard InChI is InChI=1S/C13H15N3S2/c1-14-13(17)15-8-7-12-16-11(9-18-12)10-5-3-2-4-6-10/h2-6,9H,7-8H2,1H3,(H2,14,15,17). The Bertz CT molecular complexity index is 508. The second-order valence-corrected chi connectivity index (χ2v) is 5.10. The van der Waals surface area contributed by atoms with Gasteiger partial charge in [-0.05, 0) is 12.2 Å². The van der Waals surface area contributed by atoms with Crippen LogP contribution in [0.15, 0.2) is 35.7 Å². The molecule has 2 N–H and O–H groups in total. The van der Waals surface area contributed by atoms with Gasteiger partial charge in [0.05, 0.1) is 10.7 Å². The molecular formula is C13H15N3S2. The number of hydrogen-bond acceptors (Lipinski definition) is 3. The van der Waals surface area contributed by atoms with Crippen molar-refractivity contribution in [2.45, 2.75) is 6.42 Å². The summed E-state index contributed by atoms with van der Waals surface area (Å²) in [6.07, 6.45) is 0.888. The number of nitrogens with zero attached hydrogens (tertiary/aromatic N) is 1. The van der Waals surface area contributed by atoms with Crippen molar-refractivity contribution in [1.29, 1.82) is 0 Å². The molecule has 0 aliphatic rings. The average Bonchev–Trinajstić information content (AvgIpc) is 2.88. The van der Waals surface area contributed by atoms with Crippen LogP contribution < -0.4 is 10.6 Å². The molecule has 0 amide bonds. The number of aromatic nitrogens is 1. The number of hydrogen-bond donors (Lipinski definition) is 2. The lowest BCUT2D eigenvalue weighted by Gasteiger charge is -2.04. The Kier molecular flexibility index (Phi) is 4.66. The molecule has 0 bridgehead atoms. The highest BCUT2D eigenvalue weighted by molar-refractivity contribution is 7.80. The molecule has 0 unspecified atom stereocenters. The Morgan fingerprint density at radius 2 is 2.11 bits per heavy atom. The molecule has 2 rings (SSSR count).